The summed E-state index contributed by atoms with van der Waals surface area (Å²) < 4.78 is 10.3. The monoisotopic (exact) mass is 292 g/mol. The molecule has 114 valence electrons. The van der Waals surface area contributed by atoms with Crippen LogP contribution in [0.2, 0.25) is 0 Å². The van der Waals surface area contributed by atoms with Gasteiger partial charge in [-0.05, 0) is 32.0 Å². The van der Waals surface area contributed by atoms with E-state index >= 15 is 0 Å². The van der Waals surface area contributed by atoms with Gasteiger partial charge in [0.2, 0.25) is 0 Å². The van der Waals surface area contributed by atoms with Crippen molar-refractivity contribution in [3.8, 4) is 0 Å². The highest BCUT2D eigenvalue weighted by molar-refractivity contribution is 5.74. The van der Waals surface area contributed by atoms with Gasteiger partial charge in [-0.1, -0.05) is 0 Å². The molecule has 2 aromatic heterocycles. The van der Waals surface area contributed by atoms with Crippen LogP contribution in [0.5, 0.6) is 0 Å². The third-order valence-corrected chi connectivity index (χ3v) is 3.23. The molecular formula is C15H20N2O4. The summed E-state index contributed by atoms with van der Waals surface area (Å²) in [6.45, 7) is 4.08. The molecule has 0 aliphatic rings. The fourth-order valence-electron chi connectivity index (χ4n) is 2.04. The summed E-state index contributed by atoms with van der Waals surface area (Å²) in [6.07, 6.45) is 2.75. The number of hydrogen-bond acceptors (Lipinski definition) is 4. The zero-order valence-corrected chi connectivity index (χ0v) is 12.1. The minimum atomic E-state index is -0.730. The van der Waals surface area contributed by atoms with E-state index in [0.29, 0.717) is 18.7 Å². The molecule has 0 aliphatic carbocycles. The minimum Gasteiger partial charge on any atom is -0.469 e. The molecule has 2 aromatic rings. The summed E-state index contributed by atoms with van der Waals surface area (Å²) >= 11 is 0. The standard InChI is InChI=1S/C15H20N2O4/c1-10(8-13(18)14-4-3-6-21-14)17-15(19)16-9-12-5-7-20-11(12)2/h3-7,10,13,18H,8-9H2,1-2H3,(H2,16,17,19)/t10-,13+/m0/s1. The summed E-state index contributed by atoms with van der Waals surface area (Å²) in [5.74, 6) is 1.29. The third-order valence-electron chi connectivity index (χ3n) is 3.23. The van der Waals surface area contributed by atoms with E-state index in [9.17, 15) is 9.90 Å². The van der Waals surface area contributed by atoms with E-state index in [4.69, 9.17) is 8.83 Å². The van der Waals surface area contributed by atoms with E-state index in [2.05, 4.69) is 10.6 Å². The van der Waals surface area contributed by atoms with Crippen molar-refractivity contribution in [3.05, 3.63) is 47.8 Å². The maximum Gasteiger partial charge on any atom is 0.315 e. The molecule has 0 radical (unpaired) electrons. The van der Waals surface area contributed by atoms with Crippen LogP contribution in [0.3, 0.4) is 0 Å². The normalized spacial score (nSPS) is 13.7. The Morgan fingerprint density at radius 3 is 2.76 bits per heavy atom. The largest absolute Gasteiger partial charge is 0.469 e. The average Bonchev–Trinajstić information content (AvgIpc) is 3.07. The zero-order chi connectivity index (χ0) is 15.2. The minimum absolute atomic E-state index is 0.185. The van der Waals surface area contributed by atoms with Crippen LogP contribution < -0.4 is 10.6 Å². The first-order chi connectivity index (χ1) is 10.1. The van der Waals surface area contributed by atoms with Crippen LogP contribution >= 0.6 is 0 Å². The molecule has 0 saturated heterocycles. The van der Waals surface area contributed by atoms with Gasteiger partial charge in [0.25, 0.3) is 0 Å². The van der Waals surface area contributed by atoms with Crippen LogP contribution in [0.1, 0.15) is 36.5 Å². The molecule has 0 spiro atoms. The Hall–Kier alpha value is -2.21. The lowest BCUT2D eigenvalue weighted by atomic mass is 10.1. The second-order valence-corrected chi connectivity index (χ2v) is 5.00. The van der Waals surface area contributed by atoms with Crippen molar-refractivity contribution in [1.82, 2.24) is 10.6 Å². The number of aliphatic hydroxyl groups excluding tert-OH is 1. The quantitative estimate of drug-likeness (QED) is 0.763. The Labute approximate surface area is 123 Å². The Kier molecular flexibility index (Phi) is 5.05. The van der Waals surface area contributed by atoms with Gasteiger partial charge in [-0.15, -0.1) is 0 Å². The number of nitrogens with one attached hydrogen (secondary N) is 2. The number of hydrogen-bond donors (Lipinski definition) is 3. The maximum absolute atomic E-state index is 11.8. The Morgan fingerprint density at radius 2 is 2.14 bits per heavy atom. The maximum atomic E-state index is 11.8. The number of aliphatic hydroxyl groups is 1. The molecule has 0 saturated carbocycles. The number of urea groups is 1. The summed E-state index contributed by atoms with van der Waals surface area (Å²) in [6, 6.07) is 4.78. The van der Waals surface area contributed by atoms with Gasteiger partial charge in [0, 0.05) is 24.6 Å². The van der Waals surface area contributed by atoms with E-state index in [1.807, 2.05) is 19.9 Å². The van der Waals surface area contributed by atoms with E-state index in [-0.39, 0.29) is 12.1 Å². The highest BCUT2D eigenvalue weighted by Gasteiger charge is 2.16. The van der Waals surface area contributed by atoms with E-state index in [0.717, 1.165) is 11.3 Å². The number of rotatable bonds is 6. The van der Waals surface area contributed by atoms with Crippen molar-refractivity contribution < 1.29 is 18.7 Å². The Balaban J connectivity index is 1.73. The molecule has 3 N–H and O–H groups in total. The summed E-state index contributed by atoms with van der Waals surface area (Å²) in [5.41, 5.74) is 0.938. The van der Waals surface area contributed by atoms with Crippen molar-refractivity contribution in [2.75, 3.05) is 0 Å². The molecule has 21 heavy (non-hydrogen) atoms. The number of carbonyl (C=O) groups is 1. The second-order valence-electron chi connectivity index (χ2n) is 5.00. The van der Waals surface area contributed by atoms with Crippen LogP contribution in [0, 0.1) is 6.92 Å². The first-order valence-electron chi connectivity index (χ1n) is 6.85. The molecule has 2 heterocycles. The van der Waals surface area contributed by atoms with Crippen molar-refractivity contribution in [2.45, 2.75) is 39.0 Å². The molecule has 6 heteroatoms. The van der Waals surface area contributed by atoms with Crippen LogP contribution in [0.25, 0.3) is 0 Å². The van der Waals surface area contributed by atoms with E-state index in [1.54, 1.807) is 18.4 Å². The van der Waals surface area contributed by atoms with Crippen LogP contribution in [0.4, 0.5) is 4.79 Å². The van der Waals surface area contributed by atoms with Gasteiger partial charge in [-0.2, -0.15) is 0 Å². The van der Waals surface area contributed by atoms with Gasteiger partial charge < -0.3 is 24.6 Å². The number of carbonyl (C=O) groups excluding carboxylic acids is 1. The second kappa shape index (κ2) is 6.99. The summed E-state index contributed by atoms with van der Waals surface area (Å²) in [7, 11) is 0. The zero-order valence-electron chi connectivity index (χ0n) is 12.1. The molecule has 2 rings (SSSR count). The van der Waals surface area contributed by atoms with Crippen LogP contribution in [-0.4, -0.2) is 17.2 Å². The van der Waals surface area contributed by atoms with Gasteiger partial charge in [0.15, 0.2) is 0 Å². The molecular weight excluding hydrogens is 272 g/mol. The molecule has 0 fully saturated rings. The van der Waals surface area contributed by atoms with Crippen molar-refractivity contribution in [1.29, 1.82) is 0 Å². The van der Waals surface area contributed by atoms with E-state index in [1.165, 1.54) is 6.26 Å². The first kappa shape index (κ1) is 15.2. The molecule has 2 amide bonds. The highest BCUT2D eigenvalue weighted by Crippen LogP contribution is 2.18. The average molecular weight is 292 g/mol. The lowest BCUT2D eigenvalue weighted by Gasteiger charge is -2.17. The van der Waals surface area contributed by atoms with E-state index < -0.39 is 6.10 Å². The Morgan fingerprint density at radius 1 is 1.33 bits per heavy atom. The third kappa shape index (κ3) is 4.39. The van der Waals surface area contributed by atoms with Crippen molar-refractivity contribution >= 4 is 6.03 Å². The molecule has 0 aliphatic heterocycles. The van der Waals surface area contributed by atoms with Gasteiger partial charge in [0.1, 0.15) is 17.6 Å². The number of furan rings is 2. The molecule has 0 aromatic carbocycles. The summed E-state index contributed by atoms with van der Waals surface area (Å²) in [4.78, 5) is 11.8. The predicted octanol–water partition coefficient (Wildman–Crippen LogP) is 2.49. The fraction of sp³-hybridized carbons (Fsp3) is 0.400. The van der Waals surface area contributed by atoms with Crippen molar-refractivity contribution in [3.63, 3.8) is 0 Å². The lowest BCUT2D eigenvalue weighted by Crippen LogP contribution is -2.41. The van der Waals surface area contributed by atoms with Gasteiger partial charge >= 0.3 is 6.03 Å². The van der Waals surface area contributed by atoms with Gasteiger partial charge in [0.05, 0.1) is 12.5 Å². The molecule has 6 nitrogen and oxygen atoms in total. The first-order valence-corrected chi connectivity index (χ1v) is 6.85. The fourth-order valence-corrected chi connectivity index (χ4v) is 2.04. The lowest BCUT2D eigenvalue weighted by molar-refractivity contribution is 0.129. The SMILES string of the molecule is Cc1occc1CNC(=O)N[C@@H](C)C[C@@H](O)c1ccco1. The highest BCUT2D eigenvalue weighted by atomic mass is 16.4. The topological polar surface area (TPSA) is 87.6 Å². The molecule has 2 atom stereocenters. The molecule has 0 bridgehead atoms. The van der Waals surface area contributed by atoms with Crippen LogP contribution in [-0.2, 0) is 6.54 Å². The van der Waals surface area contributed by atoms with Gasteiger partial charge in [-0.25, -0.2) is 4.79 Å². The Bertz CT molecular complexity index is 562. The molecule has 0 unspecified atom stereocenters. The number of amides is 2. The smallest absolute Gasteiger partial charge is 0.315 e. The summed E-state index contributed by atoms with van der Waals surface area (Å²) in [5, 5.41) is 15.5. The van der Waals surface area contributed by atoms with Gasteiger partial charge in [-0.3, -0.25) is 0 Å². The number of aryl methyl sites for hydroxylation is 1. The van der Waals surface area contributed by atoms with Crippen molar-refractivity contribution in [2.24, 2.45) is 0 Å². The van der Waals surface area contributed by atoms with Crippen LogP contribution in [0.15, 0.2) is 39.6 Å². The predicted molar refractivity (Wildman–Crippen MR) is 76.6 cm³/mol.